The topological polar surface area (TPSA) is 20.2 Å². The lowest BCUT2D eigenvalue weighted by Crippen LogP contribution is -1.80. The third kappa shape index (κ3) is 3.77. The van der Waals surface area contributed by atoms with Crippen molar-refractivity contribution in [2.24, 2.45) is 0 Å². The molecular weight excluding hydrogens is 295 g/mol. The molecule has 1 rings (SSSR count). The van der Waals surface area contributed by atoms with Crippen LogP contribution in [0.25, 0.3) is 0 Å². The Morgan fingerprint density at radius 3 is 2.31 bits per heavy atom. The number of hydrogen-bond donors (Lipinski definition) is 1. The van der Waals surface area contributed by atoms with E-state index in [0.717, 1.165) is 8.47 Å². The van der Waals surface area contributed by atoms with Gasteiger partial charge in [-0.2, -0.15) is 0 Å². The summed E-state index contributed by atoms with van der Waals surface area (Å²) in [5.41, 5.74) is 1.19. The van der Waals surface area contributed by atoms with E-state index < -0.39 is 0 Å². The van der Waals surface area contributed by atoms with Crippen molar-refractivity contribution in [2.75, 3.05) is 6.26 Å². The van der Waals surface area contributed by atoms with Crippen molar-refractivity contribution in [3.8, 4) is 5.75 Å². The van der Waals surface area contributed by atoms with Crippen LogP contribution in [0.5, 0.6) is 5.75 Å². The number of aryl methyl sites for hydroxylation is 1. The standard InChI is InChI=1S/C8H9IOS.C2H6/c1-5-3-6(9)8(10)7(4-5)11-2;1-2/h3-4,10H,1-2H3;1-2H3. The van der Waals surface area contributed by atoms with Gasteiger partial charge in [-0.3, -0.25) is 0 Å². The molecule has 1 aromatic carbocycles. The van der Waals surface area contributed by atoms with Crippen LogP contribution in [0.3, 0.4) is 0 Å². The largest absolute Gasteiger partial charge is 0.506 e. The van der Waals surface area contributed by atoms with E-state index in [1.165, 1.54) is 5.56 Å². The van der Waals surface area contributed by atoms with Gasteiger partial charge < -0.3 is 5.11 Å². The Hall–Kier alpha value is 0.1000. The minimum atomic E-state index is 0.406. The zero-order valence-electron chi connectivity index (χ0n) is 8.39. The summed E-state index contributed by atoms with van der Waals surface area (Å²) in [5, 5.41) is 9.49. The first-order chi connectivity index (χ1) is 6.15. The molecule has 0 fully saturated rings. The highest BCUT2D eigenvalue weighted by atomic mass is 127. The Labute approximate surface area is 98.1 Å². The molecule has 0 aromatic heterocycles. The molecule has 0 bridgehead atoms. The highest BCUT2D eigenvalue weighted by molar-refractivity contribution is 14.1. The monoisotopic (exact) mass is 310 g/mol. The molecule has 0 aliphatic rings. The number of phenols is 1. The van der Waals surface area contributed by atoms with E-state index in [-0.39, 0.29) is 0 Å². The molecule has 0 aliphatic heterocycles. The lowest BCUT2D eigenvalue weighted by Gasteiger charge is -2.04. The summed E-state index contributed by atoms with van der Waals surface area (Å²) >= 11 is 3.70. The lowest BCUT2D eigenvalue weighted by atomic mass is 10.2. The maximum absolute atomic E-state index is 9.49. The normalized spacial score (nSPS) is 9.00. The number of aromatic hydroxyl groups is 1. The highest BCUT2D eigenvalue weighted by Gasteiger charge is 2.04. The average Bonchev–Trinajstić information content (AvgIpc) is 2.14. The zero-order chi connectivity index (χ0) is 10.4. The van der Waals surface area contributed by atoms with E-state index in [9.17, 15) is 5.11 Å². The van der Waals surface area contributed by atoms with Gasteiger partial charge >= 0.3 is 0 Å². The first kappa shape index (κ1) is 13.1. The van der Waals surface area contributed by atoms with Crippen LogP contribution in [0, 0.1) is 10.5 Å². The van der Waals surface area contributed by atoms with Crippen LogP contribution < -0.4 is 0 Å². The Kier molecular flexibility index (Phi) is 6.59. The summed E-state index contributed by atoms with van der Waals surface area (Å²) < 4.78 is 0.923. The molecule has 1 aromatic rings. The number of hydrogen-bond acceptors (Lipinski definition) is 2. The van der Waals surface area contributed by atoms with Crippen molar-refractivity contribution in [1.82, 2.24) is 0 Å². The molecule has 1 nitrogen and oxygen atoms in total. The second-order valence-corrected chi connectivity index (χ2v) is 4.31. The molecule has 0 atom stereocenters. The molecule has 1 N–H and O–H groups in total. The van der Waals surface area contributed by atoms with Crippen LogP contribution in [0.1, 0.15) is 19.4 Å². The van der Waals surface area contributed by atoms with Gasteiger partial charge in [-0.05, 0) is 53.5 Å². The molecule has 0 saturated carbocycles. The number of rotatable bonds is 1. The summed E-state index contributed by atoms with van der Waals surface area (Å²) in [6.07, 6.45) is 1.96. The molecule has 0 spiro atoms. The summed E-state index contributed by atoms with van der Waals surface area (Å²) in [7, 11) is 0. The van der Waals surface area contributed by atoms with Crippen LogP contribution in [0.2, 0.25) is 0 Å². The minimum Gasteiger partial charge on any atom is -0.506 e. The third-order valence-electron chi connectivity index (χ3n) is 1.39. The van der Waals surface area contributed by atoms with Crippen molar-refractivity contribution in [1.29, 1.82) is 0 Å². The molecule has 0 saturated heterocycles. The third-order valence-corrected chi connectivity index (χ3v) is 2.97. The molecule has 74 valence electrons. The lowest BCUT2D eigenvalue weighted by molar-refractivity contribution is 0.458. The maximum Gasteiger partial charge on any atom is 0.142 e. The Morgan fingerprint density at radius 1 is 1.31 bits per heavy atom. The van der Waals surface area contributed by atoms with Crippen molar-refractivity contribution < 1.29 is 5.11 Å². The molecule has 0 aliphatic carbocycles. The van der Waals surface area contributed by atoms with Gasteiger partial charge in [-0.25, -0.2) is 0 Å². The summed E-state index contributed by atoms with van der Waals surface area (Å²) in [6, 6.07) is 3.96. The molecule has 0 heterocycles. The van der Waals surface area contributed by atoms with Gasteiger partial charge in [0.2, 0.25) is 0 Å². The van der Waals surface area contributed by atoms with Crippen LogP contribution in [-0.2, 0) is 0 Å². The second-order valence-electron chi connectivity index (χ2n) is 2.30. The van der Waals surface area contributed by atoms with Crippen molar-refractivity contribution in [3.05, 3.63) is 21.3 Å². The number of phenolic OH excluding ortho intramolecular Hbond substituents is 1. The van der Waals surface area contributed by atoms with Crippen molar-refractivity contribution >= 4 is 34.4 Å². The number of thioether (sulfide) groups is 1. The van der Waals surface area contributed by atoms with E-state index in [4.69, 9.17) is 0 Å². The van der Waals surface area contributed by atoms with E-state index in [1.807, 2.05) is 39.2 Å². The minimum absolute atomic E-state index is 0.406. The first-order valence-corrected chi connectivity index (χ1v) is 6.48. The Morgan fingerprint density at radius 2 is 1.85 bits per heavy atom. The van der Waals surface area contributed by atoms with Crippen molar-refractivity contribution in [2.45, 2.75) is 25.7 Å². The number of halogens is 1. The summed E-state index contributed by atoms with van der Waals surface area (Å²) in [4.78, 5) is 0.953. The fourth-order valence-electron chi connectivity index (χ4n) is 0.858. The highest BCUT2D eigenvalue weighted by Crippen LogP contribution is 2.31. The van der Waals surface area contributed by atoms with Gasteiger partial charge in [0.25, 0.3) is 0 Å². The van der Waals surface area contributed by atoms with Gasteiger partial charge in [0.15, 0.2) is 0 Å². The van der Waals surface area contributed by atoms with Crippen molar-refractivity contribution in [3.63, 3.8) is 0 Å². The molecule has 3 heteroatoms. The van der Waals surface area contributed by atoms with E-state index >= 15 is 0 Å². The van der Waals surface area contributed by atoms with Gasteiger partial charge in [0, 0.05) is 0 Å². The van der Waals surface area contributed by atoms with Crippen LogP contribution in [0.4, 0.5) is 0 Å². The Bertz CT molecular complexity index is 274. The van der Waals surface area contributed by atoms with Crippen LogP contribution >= 0.6 is 34.4 Å². The number of benzene rings is 1. The van der Waals surface area contributed by atoms with E-state index in [1.54, 1.807) is 11.8 Å². The van der Waals surface area contributed by atoms with Gasteiger partial charge in [-0.1, -0.05) is 13.8 Å². The summed E-state index contributed by atoms with van der Waals surface area (Å²) in [5.74, 6) is 0.406. The molecule has 0 radical (unpaired) electrons. The molecular formula is C10H15IOS. The predicted molar refractivity (Wildman–Crippen MR) is 68.7 cm³/mol. The SMILES string of the molecule is CC.CSc1cc(C)cc(I)c1O. The fourth-order valence-corrected chi connectivity index (χ4v) is 2.43. The van der Waals surface area contributed by atoms with Crippen LogP contribution in [0.15, 0.2) is 17.0 Å². The summed E-state index contributed by atoms with van der Waals surface area (Å²) in [6.45, 7) is 6.03. The molecule has 13 heavy (non-hydrogen) atoms. The second kappa shape index (κ2) is 6.54. The van der Waals surface area contributed by atoms with E-state index in [0.29, 0.717) is 5.75 Å². The Balaban J connectivity index is 0.000000671. The first-order valence-electron chi connectivity index (χ1n) is 4.18. The smallest absolute Gasteiger partial charge is 0.142 e. The zero-order valence-corrected chi connectivity index (χ0v) is 11.4. The predicted octanol–water partition coefficient (Wildman–Crippen LogP) is 4.05. The average molecular weight is 310 g/mol. The van der Waals surface area contributed by atoms with Crippen LogP contribution in [-0.4, -0.2) is 11.4 Å². The van der Waals surface area contributed by atoms with E-state index in [2.05, 4.69) is 22.6 Å². The maximum atomic E-state index is 9.49. The quantitative estimate of drug-likeness (QED) is 0.624. The molecule has 0 amide bonds. The van der Waals surface area contributed by atoms with Gasteiger partial charge in [0.1, 0.15) is 5.75 Å². The fraction of sp³-hybridized carbons (Fsp3) is 0.400. The van der Waals surface area contributed by atoms with Gasteiger partial charge in [0.05, 0.1) is 8.47 Å². The molecule has 0 unspecified atom stereocenters. The van der Waals surface area contributed by atoms with Gasteiger partial charge in [-0.15, -0.1) is 11.8 Å².